The second-order valence-corrected chi connectivity index (χ2v) is 11.7. The first-order valence-electron chi connectivity index (χ1n) is 14.7. The molecule has 2 aromatic rings. The summed E-state index contributed by atoms with van der Waals surface area (Å²) in [6, 6.07) is 7.32. The van der Waals surface area contributed by atoms with Crippen molar-refractivity contribution >= 4 is 17.6 Å². The predicted octanol–water partition coefficient (Wildman–Crippen LogP) is 4.09. The van der Waals surface area contributed by atoms with E-state index in [2.05, 4.69) is 20.6 Å². The fourth-order valence-electron chi connectivity index (χ4n) is 6.19. The zero-order chi connectivity index (χ0) is 33.9. The van der Waals surface area contributed by atoms with Crippen LogP contribution >= 0.6 is 0 Å². The summed E-state index contributed by atoms with van der Waals surface area (Å²) in [7, 11) is 1.39. The first kappa shape index (κ1) is 34.9. The largest absolute Gasteiger partial charge is 0.416 e. The van der Waals surface area contributed by atoms with E-state index in [-0.39, 0.29) is 49.1 Å². The fraction of sp³-hybridized carbons (Fsp3) is 0.500. The van der Waals surface area contributed by atoms with Crippen molar-refractivity contribution in [2.45, 2.75) is 63.0 Å². The number of nitrogens with one attached hydrogen (secondary N) is 2. The summed E-state index contributed by atoms with van der Waals surface area (Å²) < 4.78 is 93.7. The van der Waals surface area contributed by atoms with E-state index in [9.17, 15) is 40.3 Å². The van der Waals surface area contributed by atoms with Gasteiger partial charge < -0.3 is 21.3 Å². The van der Waals surface area contributed by atoms with Crippen molar-refractivity contribution in [2.24, 2.45) is 22.1 Å². The van der Waals surface area contributed by atoms with Gasteiger partial charge in [-0.25, -0.2) is 15.4 Å². The molecule has 9 nitrogen and oxygen atoms in total. The summed E-state index contributed by atoms with van der Waals surface area (Å²) in [5, 5.41) is 9.67. The van der Waals surface area contributed by atoms with Crippen LogP contribution in [0.2, 0.25) is 0 Å². The molecule has 0 radical (unpaired) electrons. The summed E-state index contributed by atoms with van der Waals surface area (Å²) in [6.07, 6.45) is -7.71. The maximum absolute atomic E-state index is 13.8. The molecule has 0 spiro atoms. The molecule has 2 aromatic carbocycles. The number of hydrogen-bond acceptors (Lipinski definition) is 6. The molecule has 0 bridgehead atoms. The van der Waals surface area contributed by atoms with Gasteiger partial charge in [-0.3, -0.25) is 9.59 Å². The van der Waals surface area contributed by atoms with Crippen LogP contribution in [0.5, 0.6) is 0 Å². The lowest BCUT2D eigenvalue weighted by Gasteiger charge is -2.37. The van der Waals surface area contributed by atoms with Crippen LogP contribution in [0, 0.1) is 11.2 Å². The van der Waals surface area contributed by atoms with Gasteiger partial charge in [0, 0.05) is 19.6 Å². The predicted molar refractivity (Wildman–Crippen MR) is 155 cm³/mol. The van der Waals surface area contributed by atoms with E-state index in [4.69, 9.17) is 11.6 Å². The number of hydrazine groups is 1. The molecule has 1 aliphatic heterocycles. The summed E-state index contributed by atoms with van der Waals surface area (Å²) in [6.45, 7) is 0.316. The van der Waals surface area contributed by atoms with Crippen LogP contribution in [0.15, 0.2) is 47.6 Å². The zero-order valence-electron chi connectivity index (χ0n) is 25.0. The minimum atomic E-state index is -5.05. The van der Waals surface area contributed by atoms with Crippen LogP contribution in [-0.4, -0.2) is 60.4 Å². The summed E-state index contributed by atoms with van der Waals surface area (Å²) in [5.41, 5.74) is 2.47. The Morgan fingerprint density at radius 2 is 1.59 bits per heavy atom. The van der Waals surface area contributed by atoms with E-state index in [1.54, 1.807) is 12.1 Å². The van der Waals surface area contributed by atoms with Crippen molar-refractivity contribution < 1.29 is 40.3 Å². The molecule has 2 fully saturated rings. The van der Waals surface area contributed by atoms with Gasteiger partial charge in [-0.1, -0.05) is 12.1 Å². The molecule has 252 valence electrons. The average molecular weight is 660 g/mol. The van der Waals surface area contributed by atoms with E-state index in [0.29, 0.717) is 31.6 Å². The molecule has 16 heteroatoms. The Balaban J connectivity index is 1.54. The highest BCUT2D eigenvalue weighted by atomic mass is 19.4. The van der Waals surface area contributed by atoms with Crippen molar-refractivity contribution in [2.75, 3.05) is 26.7 Å². The maximum Gasteiger partial charge on any atom is 0.416 e. The number of nitrogens with two attached hydrogens (primary N) is 2. The molecule has 1 heterocycles. The molecular formula is C30H36F7N7O2. The molecule has 1 saturated heterocycles. The number of hydrazone groups is 1. The first-order chi connectivity index (χ1) is 21.5. The number of piperidine rings is 1. The van der Waals surface area contributed by atoms with Gasteiger partial charge in [0.25, 0.3) is 0 Å². The van der Waals surface area contributed by atoms with E-state index in [0.717, 1.165) is 23.5 Å². The van der Waals surface area contributed by atoms with Gasteiger partial charge >= 0.3 is 12.4 Å². The minimum absolute atomic E-state index is 0.0144. The molecule has 1 saturated carbocycles. The van der Waals surface area contributed by atoms with Crippen molar-refractivity contribution in [3.63, 3.8) is 0 Å². The highest BCUT2D eigenvalue weighted by molar-refractivity contribution is 6.07. The van der Waals surface area contributed by atoms with Gasteiger partial charge in [-0.2, -0.15) is 26.3 Å². The standard InChI is InChI=1S/C30H36F7N7O2/c1-40-25(45)17-44(39)42-26(38)28(27(46)41-16-18-12-21(29(32,33)34)14-22(13-18)30(35,36)37)9-6-24(15-28)43-10-7-20(8-11-43)19-2-4-23(31)5-3-19/h2-5,12-14,20,24H,6-11,15-17,39H2,1H3,(H2,38,42)(H,40,45)(H,41,46). The monoisotopic (exact) mass is 659 g/mol. The molecule has 4 rings (SSSR count). The molecule has 0 aromatic heterocycles. The van der Waals surface area contributed by atoms with Crippen molar-refractivity contribution in [1.82, 2.24) is 20.7 Å². The van der Waals surface area contributed by atoms with Crippen LogP contribution in [0.4, 0.5) is 30.7 Å². The highest BCUT2D eigenvalue weighted by Crippen LogP contribution is 2.43. The molecular weight excluding hydrogens is 623 g/mol. The second-order valence-electron chi connectivity index (χ2n) is 11.7. The topological polar surface area (TPSA) is 129 Å². The van der Waals surface area contributed by atoms with Gasteiger partial charge in [0.15, 0.2) is 0 Å². The number of halogens is 7. The van der Waals surface area contributed by atoms with Crippen LogP contribution < -0.4 is 22.2 Å². The molecule has 1 aliphatic carbocycles. The number of likely N-dealkylation sites (tertiary alicyclic amines) is 1. The lowest BCUT2D eigenvalue weighted by molar-refractivity contribution is -0.143. The molecule has 2 unspecified atom stereocenters. The lowest BCUT2D eigenvalue weighted by atomic mass is 9.82. The number of nitrogens with zero attached hydrogens (tertiary/aromatic N) is 3. The third-order valence-electron chi connectivity index (χ3n) is 8.72. The van der Waals surface area contributed by atoms with Crippen molar-refractivity contribution in [1.29, 1.82) is 0 Å². The Morgan fingerprint density at radius 3 is 2.13 bits per heavy atom. The van der Waals surface area contributed by atoms with Gasteiger partial charge in [-0.05, 0) is 92.6 Å². The molecule has 2 aliphatic rings. The maximum atomic E-state index is 13.8. The van der Waals surface area contributed by atoms with Crippen molar-refractivity contribution in [3.05, 3.63) is 70.5 Å². The van der Waals surface area contributed by atoms with Crippen LogP contribution in [-0.2, 0) is 28.5 Å². The number of alkyl halides is 6. The van der Waals surface area contributed by atoms with E-state index in [1.807, 2.05) is 0 Å². The summed E-state index contributed by atoms with van der Waals surface area (Å²) in [4.78, 5) is 27.8. The van der Waals surface area contributed by atoms with Crippen LogP contribution in [0.25, 0.3) is 0 Å². The quantitative estimate of drug-likeness (QED) is 0.106. The average Bonchev–Trinajstić information content (AvgIpc) is 3.46. The fourth-order valence-corrected chi connectivity index (χ4v) is 6.19. The molecule has 2 amide bonds. The number of carbonyl (C=O) groups excluding carboxylic acids is 2. The molecule has 46 heavy (non-hydrogen) atoms. The number of likely N-dealkylation sites (N-methyl/N-ethyl adjacent to an activating group) is 1. The van der Waals surface area contributed by atoms with Gasteiger partial charge in [0.1, 0.15) is 23.6 Å². The molecule has 2 atom stereocenters. The number of rotatable bonds is 9. The zero-order valence-corrected chi connectivity index (χ0v) is 25.0. The Kier molecular flexibility index (Phi) is 10.5. The summed E-state index contributed by atoms with van der Waals surface area (Å²) in [5.74, 6) is 4.28. The van der Waals surface area contributed by atoms with Gasteiger partial charge in [-0.15, -0.1) is 5.10 Å². The normalized spacial score (nSPS) is 21.7. The second kappa shape index (κ2) is 13.8. The Labute approximate surface area is 261 Å². The SMILES string of the molecule is CNC(=O)CN(N)/N=C(\N)C1(C(=O)NCc2cc(C(F)(F)F)cc(C(F)(F)F)c2)CCC(N2CCC(c3ccc(F)cc3)CC2)C1. The van der Waals surface area contributed by atoms with Crippen LogP contribution in [0.3, 0.4) is 0 Å². The number of benzene rings is 2. The smallest absolute Gasteiger partial charge is 0.385 e. The number of hydrogen-bond donors (Lipinski definition) is 4. The van der Waals surface area contributed by atoms with Crippen molar-refractivity contribution in [3.8, 4) is 0 Å². The third-order valence-corrected chi connectivity index (χ3v) is 8.72. The van der Waals surface area contributed by atoms with Crippen LogP contribution in [0.1, 0.15) is 60.3 Å². The molecule has 6 N–H and O–H groups in total. The number of amides is 2. The Morgan fingerprint density at radius 1 is 1.00 bits per heavy atom. The number of amidine groups is 1. The lowest BCUT2D eigenvalue weighted by Crippen LogP contribution is -2.51. The van der Waals surface area contributed by atoms with Gasteiger partial charge in [0.05, 0.1) is 11.1 Å². The first-order valence-corrected chi connectivity index (χ1v) is 14.7. The number of carbonyl (C=O) groups is 2. The Bertz CT molecular complexity index is 1390. The van der Waals surface area contributed by atoms with E-state index < -0.39 is 52.8 Å². The van der Waals surface area contributed by atoms with Gasteiger partial charge in [0.2, 0.25) is 11.8 Å². The minimum Gasteiger partial charge on any atom is -0.385 e. The summed E-state index contributed by atoms with van der Waals surface area (Å²) >= 11 is 0. The van der Waals surface area contributed by atoms with E-state index >= 15 is 0 Å². The highest BCUT2D eigenvalue weighted by Gasteiger charge is 2.50. The third kappa shape index (κ3) is 8.26. The van der Waals surface area contributed by atoms with E-state index in [1.165, 1.54) is 19.2 Å². The Hall–Kier alpha value is -3.92.